The first-order valence-corrected chi connectivity index (χ1v) is 4.44. The molecule has 3 N–H and O–H groups in total. The van der Waals surface area contributed by atoms with Gasteiger partial charge in [0.1, 0.15) is 0 Å². The number of nitrogens with two attached hydrogens (primary N) is 1. The molecule has 0 aromatic carbocycles. The van der Waals surface area contributed by atoms with Gasteiger partial charge in [0.25, 0.3) is 0 Å². The molecule has 2 unspecified atom stereocenters. The van der Waals surface area contributed by atoms with Crippen LogP contribution in [-0.4, -0.2) is 15.4 Å². The molecule has 0 saturated carbocycles. The molecule has 0 aliphatic carbocycles. The van der Waals surface area contributed by atoms with Crippen molar-refractivity contribution < 1.29 is 9.46 Å². The molecule has 0 saturated heterocycles. The van der Waals surface area contributed by atoms with E-state index in [4.69, 9.17) is 10.6 Å². The normalized spacial score (nSPS) is 19.2. The van der Waals surface area contributed by atoms with E-state index < -0.39 is 18.6 Å². The third kappa shape index (κ3) is 3.26. The molecule has 0 amide bonds. The van der Waals surface area contributed by atoms with E-state index in [2.05, 4.69) is 12.6 Å². The Labute approximate surface area is 60.9 Å². The highest BCUT2D eigenvalue weighted by Gasteiger charge is 2.25. The predicted molar refractivity (Wildman–Crippen MR) is 42.3 cm³/mol. The van der Waals surface area contributed by atoms with Gasteiger partial charge in [-0.3, -0.25) is 4.57 Å². The fourth-order valence-corrected chi connectivity index (χ4v) is 1.24. The van der Waals surface area contributed by atoms with Gasteiger partial charge in [0.15, 0.2) is 0 Å². The quantitative estimate of drug-likeness (QED) is 0.415. The van der Waals surface area contributed by atoms with Crippen LogP contribution in [0.4, 0.5) is 0 Å². The van der Waals surface area contributed by atoms with Gasteiger partial charge in [-0.25, -0.2) is 0 Å². The van der Waals surface area contributed by atoms with Crippen LogP contribution in [0, 0.1) is 0 Å². The van der Waals surface area contributed by atoms with E-state index in [1.165, 1.54) is 0 Å². The molecule has 0 aromatic heterocycles. The van der Waals surface area contributed by atoms with Gasteiger partial charge in [0.2, 0.25) is 8.03 Å². The van der Waals surface area contributed by atoms with E-state index in [1.54, 1.807) is 13.8 Å². The van der Waals surface area contributed by atoms with Crippen LogP contribution in [0.15, 0.2) is 0 Å². The van der Waals surface area contributed by atoms with Crippen molar-refractivity contribution in [2.75, 3.05) is 0 Å². The fourth-order valence-electron chi connectivity index (χ4n) is 0.302. The number of rotatable bonds is 2. The Balaban J connectivity index is 4.04. The summed E-state index contributed by atoms with van der Waals surface area (Å²) in [5.74, 6) is -0.717. The van der Waals surface area contributed by atoms with Gasteiger partial charge < -0.3 is 10.6 Å². The minimum absolute atomic E-state index is 0.565. The molecule has 0 aliphatic rings. The summed E-state index contributed by atoms with van der Waals surface area (Å²) >= 11 is 4.03. The van der Waals surface area contributed by atoms with Crippen LogP contribution in [0.1, 0.15) is 13.8 Å². The number of hydrogen-bond acceptors (Lipinski definition) is 3. The van der Waals surface area contributed by atoms with Gasteiger partial charge in [0.05, 0.1) is 5.78 Å². The Kier molecular flexibility index (Phi) is 3.23. The first-order valence-electron chi connectivity index (χ1n) is 2.56. The molecule has 0 radical (unpaired) electrons. The van der Waals surface area contributed by atoms with Gasteiger partial charge in [-0.2, -0.15) is 12.6 Å². The average molecular weight is 169 g/mol. The van der Waals surface area contributed by atoms with Gasteiger partial charge in [-0.15, -0.1) is 0 Å². The Bertz CT molecular complexity index is 122. The zero-order valence-electron chi connectivity index (χ0n) is 5.46. The first kappa shape index (κ1) is 9.50. The lowest BCUT2D eigenvalue weighted by molar-refractivity contribution is 0.476. The molecular formula is C4H12NO2PS. The van der Waals surface area contributed by atoms with Crippen molar-refractivity contribution in [3.63, 3.8) is 0 Å². The molecule has 9 heavy (non-hydrogen) atoms. The van der Waals surface area contributed by atoms with Crippen molar-refractivity contribution in [1.82, 2.24) is 0 Å². The first-order chi connectivity index (χ1) is 3.85. The number of thiol groups is 1. The second-order valence-electron chi connectivity index (χ2n) is 2.47. The SMILES string of the molecule is CC(C)(S)C(N)[PH](=O)O. The minimum atomic E-state index is -2.62. The Hall–Kier alpha value is 0.500. The summed E-state index contributed by atoms with van der Waals surface area (Å²) in [5.41, 5.74) is 5.30. The van der Waals surface area contributed by atoms with Crippen LogP contribution in [0.2, 0.25) is 0 Å². The molecule has 0 bridgehead atoms. The van der Waals surface area contributed by atoms with Crippen molar-refractivity contribution in [2.45, 2.75) is 24.4 Å². The molecule has 5 heteroatoms. The van der Waals surface area contributed by atoms with Crippen LogP contribution >= 0.6 is 20.7 Å². The molecule has 0 rings (SSSR count). The summed E-state index contributed by atoms with van der Waals surface area (Å²) in [7, 11) is -2.62. The van der Waals surface area contributed by atoms with Gasteiger partial charge in [-0.05, 0) is 13.8 Å². The van der Waals surface area contributed by atoms with Crippen LogP contribution in [0.5, 0.6) is 0 Å². The molecule has 3 nitrogen and oxygen atoms in total. The largest absolute Gasteiger partial charge is 0.345 e. The maximum absolute atomic E-state index is 10.4. The molecule has 2 atom stereocenters. The van der Waals surface area contributed by atoms with Gasteiger partial charge >= 0.3 is 0 Å². The summed E-state index contributed by atoms with van der Waals surface area (Å²) in [5, 5.41) is 0. The Morgan fingerprint density at radius 2 is 2.11 bits per heavy atom. The van der Waals surface area contributed by atoms with Gasteiger partial charge in [-0.1, -0.05) is 0 Å². The van der Waals surface area contributed by atoms with E-state index in [0.717, 1.165) is 0 Å². The fraction of sp³-hybridized carbons (Fsp3) is 1.00. The average Bonchev–Trinajstić information content (AvgIpc) is 1.62. The van der Waals surface area contributed by atoms with Crippen molar-refractivity contribution in [3.05, 3.63) is 0 Å². The standard InChI is InChI=1S/C4H12NO2PS/c1-4(2,9)3(5)8(6)7/h3,8-9H,5H2,1-2H3,(H,6,7). The van der Waals surface area contributed by atoms with E-state index in [0.29, 0.717) is 0 Å². The van der Waals surface area contributed by atoms with E-state index >= 15 is 0 Å². The number of hydrogen-bond donors (Lipinski definition) is 3. The van der Waals surface area contributed by atoms with Crippen molar-refractivity contribution in [2.24, 2.45) is 5.73 Å². The Morgan fingerprint density at radius 1 is 1.78 bits per heavy atom. The highest BCUT2D eigenvalue weighted by Crippen LogP contribution is 2.31. The second-order valence-corrected chi connectivity index (χ2v) is 4.92. The third-order valence-corrected chi connectivity index (χ3v) is 2.80. The predicted octanol–water partition coefficient (Wildman–Crippen LogP) is 0.447. The maximum Gasteiger partial charge on any atom is 0.206 e. The topological polar surface area (TPSA) is 63.3 Å². The summed E-state index contributed by atoms with van der Waals surface area (Å²) < 4.78 is 9.79. The lowest BCUT2D eigenvalue weighted by Crippen LogP contribution is -2.35. The van der Waals surface area contributed by atoms with Gasteiger partial charge in [0, 0.05) is 4.75 Å². The molecular weight excluding hydrogens is 157 g/mol. The summed E-state index contributed by atoms with van der Waals surface area (Å²) in [6.07, 6.45) is 0. The zero-order valence-corrected chi connectivity index (χ0v) is 7.35. The third-order valence-electron chi connectivity index (χ3n) is 1.03. The van der Waals surface area contributed by atoms with Crippen LogP contribution < -0.4 is 5.73 Å². The zero-order chi connectivity index (χ0) is 7.65. The van der Waals surface area contributed by atoms with Crippen molar-refractivity contribution >= 4 is 20.7 Å². The lowest BCUT2D eigenvalue weighted by Gasteiger charge is -2.22. The van der Waals surface area contributed by atoms with E-state index in [-0.39, 0.29) is 0 Å². The molecule has 0 heterocycles. The van der Waals surface area contributed by atoms with Crippen LogP contribution in [0.3, 0.4) is 0 Å². The summed E-state index contributed by atoms with van der Waals surface area (Å²) in [4.78, 5) is 8.53. The molecule has 0 aliphatic heterocycles. The van der Waals surface area contributed by atoms with Crippen LogP contribution in [-0.2, 0) is 4.57 Å². The smallest absolute Gasteiger partial charge is 0.206 e. The maximum atomic E-state index is 10.4. The second kappa shape index (κ2) is 3.06. The molecule has 0 aromatic rings. The monoisotopic (exact) mass is 169 g/mol. The highest BCUT2D eigenvalue weighted by atomic mass is 32.1. The van der Waals surface area contributed by atoms with E-state index in [1.807, 2.05) is 0 Å². The lowest BCUT2D eigenvalue weighted by atomic mass is 10.2. The Morgan fingerprint density at radius 3 is 2.11 bits per heavy atom. The van der Waals surface area contributed by atoms with Crippen LogP contribution in [0.25, 0.3) is 0 Å². The molecule has 0 fully saturated rings. The summed E-state index contributed by atoms with van der Waals surface area (Å²) in [6, 6.07) is 0. The van der Waals surface area contributed by atoms with Crippen molar-refractivity contribution in [1.29, 1.82) is 0 Å². The molecule has 0 spiro atoms. The summed E-state index contributed by atoms with van der Waals surface area (Å²) in [6.45, 7) is 3.42. The highest BCUT2D eigenvalue weighted by molar-refractivity contribution is 7.82. The molecule has 56 valence electrons. The minimum Gasteiger partial charge on any atom is -0.345 e. The van der Waals surface area contributed by atoms with Crippen molar-refractivity contribution in [3.8, 4) is 0 Å². The van der Waals surface area contributed by atoms with E-state index in [9.17, 15) is 4.57 Å².